The number of hydrogen-bond acceptors (Lipinski definition) is 4. The Bertz CT molecular complexity index is 833. The van der Waals surface area contributed by atoms with Crippen LogP contribution in [-0.4, -0.2) is 21.5 Å². The lowest BCUT2D eigenvalue weighted by Gasteiger charge is -2.11. The highest BCUT2D eigenvalue weighted by atomic mass is 19.1. The summed E-state index contributed by atoms with van der Waals surface area (Å²) in [5.74, 6) is 0.240. The zero-order chi connectivity index (χ0) is 16.2. The van der Waals surface area contributed by atoms with Crippen molar-refractivity contribution < 1.29 is 4.39 Å². The van der Waals surface area contributed by atoms with Crippen LogP contribution in [0.2, 0.25) is 0 Å². The molecular formula is C18H17FN4. The fourth-order valence-electron chi connectivity index (χ4n) is 2.41. The van der Waals surface area contributed by atoms with Gasteiger partial charge in [-0.3, -0.25) is 4.98 Å². The Labute approximate surface area is 134 Å². The maximum absolute atomic E-state index is 13.6. The molecule has 0 spiro atoms. The summed E-state index contributed by atoms with van der Waals surface area (Å²) >= 11 is 0. The molecule has 0 radical (unpaired) electrons. The highest BCUT2D eigenvalue weighted by Gasteiger charge is 2.12. The van der Waals surface area contributed by atoms with Crippen LogP contribution < -0.4 is 5.32 Å². The first-order valence-corrected chi connectivity index (χ1v) is 7.47. The summed E-state index contributed by atoms with van der Waals surface area (Å²) in [6.07, 6.45) is 3.51. The van der Waals surface area contributed by atoms with Crippen molar-refractivity contribution in [2.75, 3.05) is 11.9 Å². The summed E-state index contributed by atoms with van der Waals surface area (Å²) in [6.45, 7) is 4.63. The zero-order valence-electron chi connectivity index (χ0n) is 13.0. The Kier molecular flexibility index (Phi) is 4.28. The van der Waals surface area contributed by atoms with Gasteiger partial charge in [-0.2, -0.15) is 0 Å². The summed E-state index contributed by atoms with van der Waals surface area (Å²) < 4.78 is 13.6. The number of aromatic nitrogens is 3. The van der Waals surface area contributed by atoms with E-state index in [0.29, 0.717) is 11.6 Å². The lowest BCUT2D eigenvalue weighted by atomic mass is 10.0. The predicted octanol–water partition coefficient (Wildman–Crippen LogP) is 4.08. The topological polar surface area (TPSA) is 50.7 Å². The number of halogens is 1. The fraction of sp³-hybridized carbons (Fsp3) is 0.167. The first kappa shape index (κ1) is 15.1. The Morgan fingerprint density at radius 1 is 1.09 bits per heavy atom. The zero-order valence-corrected chi connectivity index (χ0v) is 13.0. The van der Waals surface area contributed by atoms with Crippen LogP contribution in [0.1, 0.15) is 12.6 Å². The molecule has 0 aliphatic rings. The highest BCUT2D eigenvalue weighted by molar-refractivity contribution is 5.80. The van der Waals surface area contributed by atoms with E-state index in [1.165, 1.54) is 12.1 Å². The Hall–Kier alpha value is -2.82. The molecule has 23 heavy (non-hydrogen) atoms. The SMILES string of the molecule is CCNc1ncc(-c2ccnc(C)c2)c(-c2cccc(F)c2)n1. The molecule has 1 N–H and O–H groups in total. The van der Waals surface area contributed by atoms with Gasteiger partial charge in [-0.05, 0) is 43.7 Å². The lowest BCUT2D eigenvalue weighted by molar-refractivity contribution is 0.628. The van der Waals surface area contributed by atoms with Crippen molar-refractivity contribution in [2.24, 2.45) is 0 Å². The third-order valence-electron chi connectivity index (χ3n) is 3.43. The number of pyridine rings is 1. The molecule has 3 aromatic rings. The molecule has 1 aromatic carbocycles. The van der Waals surface area contributed by atoms with Crippen LogP contribution in [0.5, 0.6) is 0 Å². The average molecular weight is 308 g/mol. The van der Waals surface area contributed by atoms with E-state index in [1.54, 1.807) is 18.5 Å². The minimum Gasteiger partial charge on any atom is -0.354 e. The maximum atomic E-state index is 13.6. The van der Waals surface area contributed by atoms with Crippen LogP contribution >= 0.6 is 0 Å². The van der Waals surface area contributed by atoms with Gasteiger partial charge in [0, 0.05) is 35.8 Å². The van der Waals surface area contributed by atoms with Gasteiger partial charge in [0.05, 0.1) is 5.69 Å². The number of aryl methyl sites for hydroxylation is 1. The molecule has 5 heteroatoms. The number of benzene rings is 1. The first-order chi connectivity index (χ1) is 11.2. The fourth-order valence-corrected chi connectivity index (χ4v) is 2.41. The summed E-state index contributed by atoms with van der Waals surface area (Å²) in [4.78, 5) is 13.1. The van der Waals surface area contributed by atoms with E-state index in [2.05, 4.69) is 20.3 Å². The lowest BCUT2D eigenvalue weighted by Crippen LogP contribution is -2.04. The van der Waals surface area contributed by atoms with Crippen molar-refractivity contribution in [1.29, 1.82) is 0 Å². The molecule has 0 fully saturated rings. The maximum Gasteiger partial charge on any atom is 0.223 e. The normalized spacial score (nSPS) is 10.6. The third-order valence-corrected chi connectivity index (χ3v) is 3.43. The summed E-state index contributed by atoms with van der Waals surface area (Å²) in [5.41, 5.74) is 4.13. The first-order valence-electron chi connectivity index (χ1n) is 7.47. The van der Waals surface area contributed by atoms with E-state index in [4.69, 9.17) is 0 Å². The van der Waals surface area contributed by atoms with Crippen LogP contribution in [-0.2, 0) is 0 Å². The Morgan fingerprint density at radius 3 is 2.70 bits per heavy atom. The standard InChI is InChI=1S/C18H17FN4/c1-3-20-18-22-11-16(13-7-8-21-12(2)9-13)17(23-18)14-5-4-6-15(19)10-14/h4-11H,3H2,1-2H3,(H,20,22,23). The molecule has 0 saturated carbocycles. The second-order valence-electron chi connectivity index (χ2n) is 5.18. The number of rotatable bonds is 4. The van der Waals surface area contributed by atoms with E-state index in [9.17, 15) is 4.39 Å². The molecule has 116 valence electrons. The van der Waals surface area contributed by atoms with Crippen LogP contribution in [0.15, 0.2) is 48.8 Å². The third kappa shape index (κ3) is 3.34. The van der Waals surface area contributed by atoms with E-state index in [1.807, 2.05) is 32.0 Å². The minimum absolute atomic E-state index is 0.289. The quantitative estimate of drug-likeness (QED) is 0.789. The molecule has 0 saturated heterocycles. The second-order valence-corrected chi connectivity index (χ2v) is 5.18. The minimum atomic E-state index is -0.289. The summed E-state index contributed by atoms with van der Waals surface area (Å²) in [7, 11) is 0. The van der Waals surface area contributed by atoms with Crippen molar-refractivity contribution in [1.82, 2.24) is 15.0 Å². The molecule has 0 bridgehead atoms. The van der Waals surface area contributed by atoms with Crippen LogP contribution in [0.3, 0.4) is 0 Å². The number of nitrogens with one attached hydrogen (secondary N) is 1. The number of hydrogen-bond donors (Lipinski definition) is 1. The smallest absolute Gasteiger partial charge is 0.223 e. The molecule has 0 aliphatic carbocycles. The molecule has 0 amide bonds. The highest BCUT2D eigenvalue weighted by Crippen LogP contribution is 2.31. The Morgan fingerprint density at radius 2 is 1.96 bits per heavy atom. The van der Waals surface area contributed by atoms with Crippen molar-refractivity contribution in [3.8, 4) is 22.4 Å². The van der Waals surface area contributed by atoms with Gasteiger partial charge in [-0.1, -0.05) is 12.1 Å². The number of anilines is 1. The largest absolute Gasteiger partial charge is 0.354 e. The van der Waals surface area contributed by atoms with Crippen molar-refractivity contribution in [3.05, 3.63) is 60.3 Å². The number of nitrogens with zero attached hydrogens (tertiary/aromatic N) is 3. The van der Waals surface area contributed by atoms with Crippen LogP contribution in [0, 0.1) is 12.7 Å². The van der Waals surface area contributed by atoms with Crippen molar-refractivity contribution in [2.45, 2.75) is 13.8 Å². The molecule has 2 heterocycles. The molecule has 0 unspecified atom stereocenters. The average Bonchev–Trinajstić information content (AvgIpc) is 2.55. The monoisotopic (exact) mass is 308 g/mol. The van der Waals surface area contributed by atoms with Gasteiger partial charge >= 0.3 is 0 Å². The van der Waals surface area contributed by atoms with Gasteiger partial charge in [-0.15, -0.1) is 0 Å². The van der Waals surface area contributed by atoms with E-state index >= 15 is 0 Å². The molecule has 0 atom stereocenters. The molecule has 2 aromatic heterocycles. The second kappa shape index (κ2) is 6.52. The van der Waals surface area contributed by atoms with Crippen molar-refractivity contribution in [3.63, 3.8) is 0 Å². The van der Waals surface area contributed by atoms with Gasteiger partial charge in [0.1, 0.15) is 5.82 Å². The van der Waals surface area contributed by atoms with E-state index in [0.717, 1.165) is 28.9 Å². The van der Waals surface area contributed by atoms with Gasteiger partial charge < -0.3 is 5.32 Å². The van der Waals surface area contributed by atoms with Gasteiger partial charge in [0.15, 0.2) is 0 Å². The summed E-state index contributed by atoms with van der Waals surface area (Å²) in [6, 6.07) is 10.3. The van der Waals surface area contributed by atoms with Crippen LogP contribution in [0.25, 0.3) is 22.4 Å². The van der Waals surface area contributed by atoms with Crippen molar-refractivity contribution >= 4 is 5.95 Å². The molecule has 3 rings (SSSR count). The molecular weight excluding hydrogens is 291 g/mol. The Balaban J connectivity index is 2.19. The molecule has 0 aliphatic heterocycles. The van der Waals surface area contributed by atoms with E-state index < -0.39 is 0 Å². The van der Waals surface area contributed by atoms with E-state index in [-0.39, 0.29) is 5.82 Å². The summed E-state index contributed by atoms with van der Waals surface area (Å²) in [5, 5.41) is 3.09. The van der Waals surface area contributed by atoms with Gasteiger partial charge in [-0.25, -0.2) is 14.4 Å². The van der Waals surface area contributed by atoms with Gasteiger partial charge in [0.25, 0.3) is 0 Å². The van der Waals surface area contributed by atoms with Gasteiger partial charge in [0.2, 0.25) is 5.95 Å². The molecule has 4 nitrogen and oxygen atoms in total. The predicted molar refractivity (Wildman–Crippen MR) is 89.6 cm³/mol. The van der Waals surface area contributed by atoms with Crippen LogP contribution in [0.4, 0.5) is 10.3 Å².